The van der Waals surface area contributed by atoms with Crippen LogP contribution in [0.2, 0.25) is 0 Å². The summed E-state index contributed by atoms with van der Waals surface area (Å²) < 4.78 is 0. The van der Waals surface area contributed by atoms with Gasteiger partial charge in [-0.05, 0) is 27.7 Å². The molecule has 0 aromatic heterocycles. The van der Waals surface area contributed by atoms with Crippen molar-refractivity contribution in [2.24, 2.45) is 11.8 Å². The van der Waals surface area contributed by atoms with Gasteiger partial charge in [-0.25, -0.2) is 0 Å². The van der Waals surface area contributed by atoms with Crippen LogP contribution in [0.15, 0.2) is 0 Å². The average molecular weight is 228 g/mol. The smallest absolute Gasteiger partial charge is 0.223 e. The third kappa shape index (κ3) is 5.14. The van der Waals surface area contributed by atoms with E-state index in [1.165, 1.54) is 0 Å². The molecule has 0 bridgehead atoms. The van der Waals surface area contributed by atoms with Crippen molar-refractivity contribution in [2.45, 2.75) is 53.6 Å². The van der Waals surface area contributed by atoms with E-state index in [0.29, 0.717) is 0 Å². The molecule has 0 aromatic rings. The zero-order valence-corrected chi connectivity index (χ0v) is 11.1. The number of rotatable bonds is 5. The molecule has 4 nitrogen and oxygen atoms in total. The molecule has 2 atom stereocenters. The van der Waals surface area contributed by atoms with Gasteiger partial charge in [0.1, 0.15) is 0 Å². The van der Waals surface area contributed by atoms with Crippen LogP contribution in [0.4, 0.5) is 0 Å². The highest BCUT2D eigenvalue weighted by Gasteiger charge is 2.26. The maximum atomic E-state index is 11.7. The van der Waals surface area contributed by atoms with E-state index in [1.807, 2.05) is 27.7 Å². The van der Waals surface area contributed by atoms with E-state index >= 15 is 0 Å². The number of amides is 2. The Kier molecular flexibility index (Phi) is 6.08. The molecule has 0 aliphatic rings. The summed E-state index contributed by atoms with van der Waals surface area (Å²) in [5.74, 6) is -0.745. The van der Waals surface area contributed by atoms with Crippen LogP contribution in [0, 0.1) is 11.8 Å². The molecule has 0 radical (unpaired) electrons. The summed E-state index contributed by atoms with van der Waals surface area (Å²) in [5.41, 5.74) is 0. The van der Waals surface area contributed by atoms with Crippen LogP contribution in [0.1, 0.15) is 41.5 Å². The van der Waals surface area contributed by atoms with Gasteiger partial charge >= 0.3 is 0 Å². The van der Waals surface area contributed by atoms with Crippen LogP contribution in [0.5, 0.6) is 0 Å². The fourth-order valence-corrected chi connectivity index (χ4v) is 1.29. The summed E-state index contributed by atoms with van der Waals surface area (Å²) in [7, 11) is 0. The standard InChI is InChI=1S/C12H24N2O2/c1-7(2)13-11(15)9(5)10(6)12(16)14-8(3)4/h7-10H,1-6H3,(H,13,15)(H,14,16). The summed E-state index contributed by atoms with van der Waals surface area (Å²) in [4.78, 5) is 23.4. The van der Waals surface area contributed by atoms with Gasteiger partial charge in [0, 0.05) is 23.9 Å². The Morgan fingerprint density at radius 3 is 1.12 bits per heavy atom. The number of carbonyl (C=O) groups is 2. The van der Waals surface area contributed by atoms with Gasteiger partial charge in [0.05, 0.1) is 0 Å². The van der Waals surface area contributed by atoms with Crippen LogP contribution < -0.4 is 10.6 Å². The van der Waals surface area contributed by atoms with E-state index in [0.717, 1.165) is 0 Å². The number of nitrogens with one attached hydrogen (secondary N) is 2. The van der Waals surface area contributed by atoms with Gasteiger partial charge in [-0.1, -0.05) is 13.8 Å². The lowest BCUT2D eigenvalue weighted by atomic mass is 9.94. The van der Waals surface area contributed by atoms with Crippen molar-refractivity contribution in [2.75, 3.05) is 0 Å². The van der Waals surface area contributed by atoms with Crippen LogP contribution in [0.25, 0.3) is 0 Å². The lowest BCUT2D eigenvalue weighted by Gasteiger charge is -2.21. The van der Waals surface area contributed by atoms with E-state index in [-0.39, 0.29) is 35.7 Å². The Bertz CT molecular complexity index is 223. The molecular formula is C12H24N2O2. The molecule has 0 aliphatic carbocycles. The van der Waals surface area contributed by atoms with E-state index in [1.54, 1.807) is 13.8 Å². The lowest BCUT2D eigenvalue weighted by Crippen LogP contribution is -2.43. The second-order valence-corrected chi connectivity index (χ2v) is 4.90. The first-order chi connectivity index (χ1) is 7.25. The minimum atomic E-state index is -0.304. The zero-order chi connectivity index (χ0) is 12.9. The topological polar surface area (TPSA) is 58.2 Å². The van der Waals surface area contributed by atoms with Crippen molar-refractivity contribution in [3.8, 4) is 0 Å². The molecule has 94 valence electrons. The zero-order valence-electron chi connectivity index (χ0n) is 11.1. The molecule has 2 unspecified atom stereocenters. The summed E-state index contributed by atoms with van der Waals surface area (Å²) in [6.07, 6.45) is 0. The van der Waals surface area contributed by atoms with Gasteiger partial charge in [-0.2, -0.15) is 0 Å². The minimum absolute atomic E-state index is 0.0681. The monoisotopic (exact) mass is 228 g/mol. The van der Waals surface area contributed by atoms with Crippen molar-refractivity contribution in [1.29, 1.82) is 0 Å². The minimum Gasteiger partial charge on any atom is -0.354 e. The Morgan fingerprint density at radius 1 is 0.688 bits per heavy atom. The Morgan fingerprint density at radius 2 is 0.938 bits per heavy atom. The molecule has 4 heteroatoms. The average Bonchev–Trinajstić information content (AvgIpc) is 2.13. The van der Waals surface area contributed by atoms with Gasteiger partial charge in [-0.3, -0.25) is 9.59 Å². The Labute approximate surface area is 98.2 Å². The van der Waals surface area contributed by atoms with E-state index in [2.05, 4.69) is 10.6 Å². The van der Waals surface area contributed by atoms with Gasteiger partial charge < -0.3 is 10.6 Å². The van der Waals surface area contributed by atoms with Crippen molar-refractivity contribution in [3.63, 3.8) is 0 Å². The first-order valence-electron chi connectivity index (χ1n) is 5.86. The van der Waals surface area contributed by atoms with Gasteiger partial charge in [0.15, 0.2) is 0 Å². The van der Waals surface area contributed by atoms with E-state index < -0.39 is 0 Å². The quantitative estimate of drug-likeness (QED) is 0.745. The third-order valence-corrected chi connectivity index (χ3v) is 2.44. The molecule has 16 heavy (non-hydrogen) atoms. The van der Waals surface area contributed by atoms with Gasteiger partial charge in [0.2, 0.25) is 11.8 Å². The largest absolute Gasteiger partial charge is 0.354 e. The van der Waals surface area contributed by atoms with Crippen molar-refractivity contribution in [1.82, 2.24) is 10.6 Å². The Balaban J connectivity index is 4.31. The molecule has 0 aliphatic heterocycles. The van der Waals surface area contributed by atoms with Crippen LogP contribution in [-0.2, 0) is 9.59 Å². The normalized spacial score (nSPS) is 14.8. The van der Waals surface area contributed by atoms with Crippen molar-refractivity contribution in [3.05, 3.63) is 0 Å². The summed E-state index contributed by atoms with van der Waals surface area (Å²) in [6.45, 7) is 11.2. The second-order valence-electron chi connectivity index (χ2n) is 4.90. The van der Waals surface area contributed by atoms with Crippen LogP contribution >= 0.6 is 0 Å². The molecule has 2 amide bonds. The summed E-state index contributed by atoms with van der Waals surface area (Å²) in [6, 6.07) is 0.214. The maximum absolute atomic E-state index is 11.7. The van der Waals surface area contributed by atoms with E-state index in [4.69, 9.17) is 0 Å². The summed E-state index contributed by atoms with van der Waals surface area (Å²) in [5, 5.41) is 5.63. The lowest BCUT2D eigenvalue weighted by molar-refractivity contribution is -0.134. The molecule has 0 heterocycles. The molecule has 2 N–H and O–H groups in total. The molecule has 0 aromatic carbocycles. The fourth-order valence-electron chi connectivity index (χ4n) is 1.29. The van der Waals surface area contributed by atoms with Crippen LogP contribution in [0.3, 0.4) is 0 Å². The fraction of sp³-hybridized carbons (Fsp3) is 0.833. The summed E-state index contributed by atoms with van der Waals surface area (Å²) >= 11 is 0. The van der Waals surface area contributed by atoms with E-state index in [9.17, 15) is 9.59 Å². The number of hydrogen-bond acceptors (Lipinski definition) is 2. The highest BCUT2D eigenvalue weighted by Crippen LogP contribution is 2.11. The Hall–Kier alpha value is -1.06. The number of carbonyl (C=O) groups excluding carboxylic acids is 2. The van der Waals surface area contributed by atoms with Gasteiger partial charge in [-0.15, -0.1) is 0 Å². The SMILES string of the molecule is CC(C)NC(=O)C(C)C(C)C(=O)NC(C)C. The number of hydrogen-bond donors (Lipinski definition) is 2. The highest BCUT2D eigenvalue weighted by molar-refractivity contribution is 5.87. The maximum Gasteiger partial charge on any atom is 0.223 e. The molecular weight excluding hydrogens is 204 g/mol. The van der Waals surface area contributed by atoms with Gasteiger partial charge in [0.25, 0.3) is 0 Å². The first kappa shape index (κ1) is 14.9. The van der Waals surface area contributed by atoms with Crippen LogP contribution in [-0.4, -0.2) is 23.9 Å². The molecule has 0 rings (SSSR count). The molecule has 0 spiro atoms. The molecule has 0 fully saturated rings. The second kappa shape index (κ2) is 6.51. The third-order valence-electron chi connectivity index (χ3n) is 2.44. The van der Waals surface area contributed by atoms with Crippen molar-refractivity contribution >= 4 is 11.8 Å². The molecule has 0 saturated heterocycles. The van der Waals surface area contributed by atoms with Crippen molar-refractivity contribution < 1.29 is 9.59 Å². The predicted molar refractivity (Wildman–Crippen MR) is 64.9 cm³/mol. The first-order valence-corrected chi connectivity index (χ1v) is 5.86. The molecule has 0 saturated carbocycles. The predicted octanol–water partition coefficient (Wildman–Crippen LogP) is 1.31. The highest BCUT2D eigenvalue weighted by atomic mass is 16.2.